The molecule has 0 saturated carbocycles. The second-order valence-electron chi connectivity index (χ2n) is 5.38. The number of amides is 1. The molecular formula is C15H20N4OS. The molecule has 1 aliphatic carbocycles. The molecule has 2 aromatic heterocycles. The van der Waals surface area contributed by atoms with Gasteiger partial charge in [0.05, 0.1) is 16.7 Å². The highest BCUT2D eigenvalue weighted by Gasteiger charge is 2.25. The summed E-state index contributed by atoms with van der Waals surface area (Å²) in [6.07, 6.45) is 7.62. The molecule has 0 unspecified atom stereocenters. The molecule has 0 aromatic carbocycles. The lowest BCUT2D eigenvalue weighted by molar-refractivity contribution is -0.122. The summed E-state index contributed by atoms with van der Waals surface area (Å²) in [5.41, 5.74) is 1.08. The number of hydrogen-bond donors (Lipinski definition) is 1. The minimum absolute atomic E-state index is 0.0335. The van der Waals surface area contributed by atoms with Crippen molar-refractivity contribution in [2.24, 2.45) is 0 Å². The summed E-state index contributed by atoms with van der Waals surface area (Å²) in [4.78, 5) is 22.5. The Labute approximate surface area is 128 Å². The van der Waals surface area contributed by atoms with E-state index in [-0.39, 0.29) is 11.9 Å². The van der Waals surface area contributed by atoms with Crippen molar-refractivity contribution in [3.05, 3.63) is 33.8 Å². The van der Waals surface area contributed by atoms with E-state index in [9.17, 15) is 4.79 Å². The zero-order valence-corrected chi connectivity index (χ0v) is 13.2. The largest absolute Gasteiger partial charge is 0.346 e. The van der Waals surface area contributed by atoms with E-state index in [0.29, 0.717) is 6.54 Å². The predicted molar refractivity (Wildman–Crippen MR) is 82.3 cm³/mol. The van der Waals surface area contributed by atoms with Crippen LogP contribution in [0.25, 0.3) is 0 Å². The van der Waals surface area contributed by atoms with E-state index in [2.05, 4.69) is 15.3 Å². The molecule has 0 saturated heterocycles. The third-order valence-electron chi connectivity index (χ3n) is 3.83. The quantitative estimate of drug-likeness (QED) is 0.943. The molecule has 0 radical (unpaired) electrons. The Kier molecular flexibility index (Phi) is 4.05. The standard InChI is InChI=1S/C15H20N4OS/c1-3-13-16-7-8-19(13)9-14(20)18-11-5-4-6-12-15(11)17-10(2)21-12/h7-8,11H,3-6,9H2,1-2H3,(H,18,20)/t11-/m1/s1. The van der Waals surface area contributed by atoms with Gasteiger partial charge in [0.2, 0.25) is 5.91 Å². The molecule has 3 rings (SSSR count). The summed E-state index contributed by atoms with van der Waals surface area (Å²) in [7, 11) is 0. The normalized spacial score (nSPS) is 17.5. The van der Waals surface area contributed by atoms with Crippen LogP contribution in [0.4, 0.5) is 0 Å². The number of nitrogens with zero attached hydrogens (tertiary/aromatic N) is 3. The molecule has 0 fully saturated rings. The smallest absolute Gasteiger partial charge is 0.240 e. The number of carbonyl (C=O) groups is 1. The maximum absolute atomic E-state index is 12.3. The van der Waals surface area contributed by atoms with Crippen molar-refractivity contribution in [3.8, 4) is 0 Å². The van der Waals surface area contributed by atoms with Crippen molar-refractivity contribution in [1.29, 1.82) is 0 Å². The van der Waals surface area contributed by atoms with E-state index in [4.69, 9.17) is 0 Å². The number of thiazole rings is 1. The second kappa shape index (κ2) is 5.97. The van der Waals surface area contributed by atoms with Gasteiger partial charge in [0, 0.05) is 23.7 Å². The number of rotatable bonds is 4. The average molecular weight is 304 g/mol. The maximum Gasteiger partial charge on any atom is 0.240 e. The summed E-state index contributed by atoms with van der Waals surface area (Å²) < 4.78 is 1.91. The molecule has 1 amide bonds. The molecule has 1 atom stereocenters. The van der Waals surface area contributed by atoms with E-state index < -0.39 is 0 Å². The zero-order chi connectivity index (χ0) is 14.8. The summed E-state index contributed by atoms with van der Waals surface area (Å²) in [6, 6.07) is 0.0693. The second-order valence-corrected chi connectivity index (χ2v) is 6.67. The van der Waals surface area contributed by atoms with E-state index in [1.165, 1.54) is 4.88 Å². The molecule has 5 nitrogen and oxygen atoms in total. The van der Waals surface area contributed by atoms with Crippen LogP contribution in [0.15, 0.2) is 12.4 Å². The van der Waals surface area contributed by atoms with Crippen molar-refractivity contribution in [2.45, 2.75) is 52.1 Å². The highest BCUT2D eigenvalue weighted by molar-refractivity contribution is 7.11. The van der Waals surface area contributed by atoms with E-state index in [1.54, 1.807) is 17.5 Å². The average Bonchev–Trinajstić information content (AvgIpc) is 3.04. The molecule has 1 N–H and O–H groups in total. The summed E-state index contributed by atoms with van der Waals surface area (Å²) in [6.45, 7) is 4.40. The fourth-order valence-electron chi connectivity index (χ4n) is 2.87. The SMILES string of the molecule is CCc1nccn1CC(=O)N[C@@H]1CCCc2sc(C)nc21. The Morgan fingerprint density at radius 1 is 1.57 bits per heavy atom. The highest BCUT2D eigenvalue weighted by atomic mass is 32.1. The Hall–Kier alpha value is -1.69. The number of carbonyl (C=O) groups excluding carboxylic acids is 1. The van der Waals surface area contributed by atoms with Gasteiger partial charge >= 0.3 is 0 Å². The van der Waals surface area contributed by atoms with E-state index >= 15 is 0 Å². The molecule has 112 valence electrons. The molecule has 6 heteroatoms. The predicted octanol–water partition coefficient (Wildman–Crippen LogP) is 2.40. The number of hydrogen-bond acceptors (Lipinski definition) is 4. The Morgan fingerprint density at radius 2 is 2.43 bits per heavy atom. The highest BCUT2D eigenvalue weighted by Crippen LogP contribution is 2.32. The van der Waals surface area contributed by atoms with Gasteiger partial charge in [0.25, 0.3) is 0 Å². The lowest BCUT2D eigenvalue weighted by atomic mass is 9.97. The van der Waals surface area contributed by atoms with Crippen LogP contribution < -0.4 is 5.32 Å². The first-order chi connectivity index (χ1) is 10.2. The first-order valence-corrected chi connectivity index (χ1v) is 8.24. The van der Waals surface area contributed by atoms with Gasteiger partial charge in [-0.25, -0.2) is 9.97 Å². The Morgan fingerprint density at radius 3 is 3.24 bits per heavy atom. The molecule has 0 aliphatic heterocycles. The number of aryl methyl sites for hydroxylation is 3. The minimum Gasteiger partial charge on any atom is -0.346 e. The molecule has 2 heterocycles. The van der Waals surface area contributed by atoms with Gasteiger partial charge in [-0.05, 0) is 26.2 Å². The summed E-state index contributed by atoms with van der Waals surface area (Å²) >= 11 is 1.75. The van der Waals surface area contributed by atoms with Crippen LogP contribution >= 0.6 is 11.3 Å². The third-order valence-corrected chi connectivity index (χ3v) is 4.87. The van der Waals surface area contributed by atoms with Crippen LogP contribution in [0.3, 0.4) is 0 Å². The lowest BCUT2D eigenvalue weighted by Crippen LogP contribution is -2.33. The first kappa shape index (κ1) is 14.3. The minimum atomic E-state index is 0.0335. The molecule has 1 aliphatic rings. The monoisotopic (exact) mass is 304 g/mol. The molecule has 2 aromatic rings. The van der Waals surface area contributed by atoms with E-state index in [1.807, 2.05) is 24.6 Å². The van der Waals surface area contributed by atoms with Gasteiger partial charge in [0.1, 0.15) is 12.4 Å². The lowest BCUT2D eigenvalue weighted by Gasteiger charge is -2.22. The summed E-state index contributed by atoms with van der Waals surface area (Å²) in [5, 5.41) is 4.22. The van der Waals surface area contributed by atoms with Gasteiger partial charge in [-0.2, -0.15) is 0 Å². The van der Waals surface area contributed by atoms with Crippen molar-refractivity contribution in [2.75, 3.05) is 0 Å². The van der Waals surface area contributed by atoms with Gasteiger partial charge in [0.15, 0.2) is 0 Å². The molecule has 0 bridgehead atoms. The summed E-state index contributed by atoms with van der Waals surface area (Å²) in [5.74, 6) is 0.977. The number of aromatic nitrogens is 3. The van der Waals surface area contributed by atoms with Crippen molar-refractivity contribution >= 4 is 17.2 Å². The van der Waals surface area contributed by atoms with Crippen molar-refractivity contribution < 1.29 is 4.79 Å². The molecule has 21 heavy (non-hydrogen) atoms. The van der Waals surface area contributed by atoms with Crippen LogP contribution in [0.5, 0.6) is 0 Å². The van der Waals surface area contributed by atoms with Crippen LogP contribution in [0, 0.1) is 6.92 Å². The third kappa shape index (κ3) is 3.00. The topological polar surface area (TPSA) is 59.8 Å². The van der Waals surface area contributed by atoms with Crippen molar-refractivity contribution in [3.63, 3.8) is 0 Å². The van der Waals surface area contributed by atoms with Gasteiger partial charge in [-0.15, -0.1) is 11.3 Å². The molecule has 0 spiro atoms. The van der Waals surface area contributed by atoms with Crippen LogP contribution in [0.2, 0.25) is 0 Å². The van der Waals surface area contributed by atoms with Gasteiger partial charge < -0.3 is 9.88 Å². The van der Waals surface area contributed by atoms with Crippen LogP contribution in [-0.2, 0) is 24.2 Å². The Balaban J connectivity index is 1.68. The number of imidazole rings is 1. The van der Waals surface area contributed by atoms with Crippen molar-refractivity contribution in [1.82, 2.24) is 19.9 Å². The molecular weight excluding hydrogens is 284 g/mol. The van der Waals surface area contributed by atoms with Crippen LogP contribution in [0.1, 0.15) is 47.2 Å². The van der Waals surface area contributed by atoms with Gasteiger partial charge in [-0.3, -0.25) is 4.79 Å². The van der Waals surface area contributed by atoms with Crippen LogP contribution in [-0.4, -0.2) is 20.4 Å². The zero-order valence-electron chi connectivity index (χ0n) is 12.4. The first-order valence-electron chi connectivity index (χ1n) is 7.43. The Bertz CT molecular complexity index is 646. The fourth-order valence-corrected chi connectivity index (χ4v) is 3.91. The fraction of sp³-hybridized carbons (Fsp3) is 0.533. The number of fused-ring (bicyclic) bond motifs is 1. The maximum atomic E-state index is 12.3. The van der Waals surface area contributed by atoms with Gasteiger partial charge in [-0.1, -0.05) is 6.92 Å². The number of nitrogens with one attached hydrogen (secondary N) is 1. The van der Waals surface area contributed by atoms with E-state index in [0.717, 1.165) is 42.2 Å².